The Bertz CT molecular complexity index is 1770. The zero-order valence-electron chi connectivity index (χ0n) is 24.2. The molecule has 5 rings (SSSR count). The van der Waals surface area contributed by atoms with Crippen LogP contribution in [0.4, 0.5) is 24.7 Å². The van der Waals surface area contributed by atoms with Crippen LogP contribution in [0.1, 0.15) is 70.4 Å². The molecule has 0 bridgehead atoms. The molecule has 0 aliphatic heterocycles. The number of fused-ring (bicyclic) bond motifs is 1. The van der Waals surface area contributed by atoms with Gasteiger partial charge in [0.1, 0.15) is 39.6 Å². The second-order valence-electron chi connectivity index (χ2n) is 11.2. The van der Waals surface area contributed by atoms with Crippen molar-refractivity contribution in [2.45, 2.75) is 75.8 Å². The molecule has 1 fully saturated rings. The van der Waals surface area contributed by atoms with Crippen LogP contribution < -0.4 is 20.9 Å². The average Bonchev–Trinajstić information content (AvgIpc) is 3.37. The topological polar surface area (TPSA) is 138 Å². The molecule has 1 aliphatic carbocycles. The molecule has 2 aromatic heterocycles. The van der Waals surface area contributed by atoms with E-state index in [0.29, 0.717) is 23.4 Å². The number of anilines is 2. The molecule has 0 atom stereocenters. The van der Waals surface area contributed by atoms with Gasteiger partial charge in [-0.1, -0.05) is 6.92 Å². The van der Waals surface area contributed by atoms with Crippen LogP contribution in [0.2, 0.25) is 0 Å². The van der Waals surface area contributed by atoms with Gasteiger partial charge in [-0.15, -0.1) is 0 Å². The predicted molar refractivity (Wildman–Crippen MR) is 160 cm³/mol. The summed E-state index contributed by atoms with van der Waals surface area (Å²) in [6, 6.07) is 4.76. The van der Waals surface area contributed by atoms with Crippen LogP contribution in [-0.2, 0) is 10.0 Å². The Morgan fingerprint density at radius 2 is 1.79 bits per heavy atom. The van der Waals surface area contributed by atoms with Gasteiger partial charge in [0.2, 0.25) is 0 Å². The van der Waals surface area contributed by atoms with Crippen molar-refractivity contribution in [3.8, 4) is 17.0 Å². The highest BCUT2D eigenvalue weighted by Gasteiger charge is 2.29. The fourth-order valence-corrected chi connectivity index (χ4v) is 6.67. The lowest BCUT2D eigenvalue weighted by atomic mass is 9.82. The number of rotatable bonds is 9. The van der Waals surface area contributed by atoms with Crippen LogP contribution in [0.15, 0.2) is 41.4 Å². The Labute approximate surface area is 248 Å². The maximum atomic E-state index is 15.7. The van der Waals surface area contributed by atoms with Crippen LogP contribution in [0.5, 0.6) is 5.75 Å². The standard InChI is InChI=1S/C30H35F3N6O3S/c1-4-11-42-19-9-10-22(31)26(12-19)43(40,41)38-25-14-23(32)20(13-24(25)33)28-27-29(39(37-28)16(2)3)21(15-36-30(27)35)17-5-7-18(34)8-6-17/h9-10,12-18,38H,4-8,11,34H2,1-3H3,(H2,35,36)/t17-,18-. The number of halogens is 3. The molecule has 1 aliphatic rings. The molecule has 5 N–H and O–H groups in total. The lowest BCUT2D eigenvalue weighted by Crippen LogP contribution is -2.26. The molecule has 13 heteroatoms. The lowest BCUT2D eigenvalue weighted by Gasteiger charge is -2.27. The molecule has 43 heavy (non-hydrogen) atoms. The Balaban J connectivity index is 1.56. The Hall–Kier alpha value is -3.84. The van der Waals surface area contributed by atoms with E-state index < -0.39 is 38.1 Å². The number of hydrogen-bond acceptors (Lipinski definition) is 7. The first-order valence-electron chi connectivity index (χ1n) is 14.3. The number of sulfonamides is 1. The van der Waals surface area contributed by atoms with Gasteiger partial charge in [-0.05, 0) is 75.6 Å². The minimum atomic E-state index is -4.65. The fraction of sp³-hybridized carbons (Fsp3) is 0.400. The van der Waals surface area contributed by atoms with E-state index in [1.807, 2.05) is 25.5 Å². The Morgan fingerprint density at radius 3 is 2.47 bits per heavy atom. The van der Waals surface area contributed by atoms with E-state index in [9.17, 15) is 12.8 Å². The highest BCUT2D eigenvalue weighted by Crippen LogP contribution is 2.42. The Kier molecular flexibility index (Phi) is 8.57. The minimum absolute atomic E-state index is 0.0840. The molecule has 9 nitrogen and oxygen atoms in total. The van der Waals surface area contributed by atoms with Crippen LogP contribution in [-0.4, -0.2) is 35.8 Å². The van der Waals surface area contributed by atoms with Crippen molar-refractivity contribution in [3.05, 3.63) is 59.5 Å². The third-order valence-corrected chi connectivity index (χ3v) is 9.09. The van der Waals surface area contributed by atoms with Crippen LogP contribution in [0, 0.1) is 17.5 Å². The Morgan fingerprint density at radius 1 is 1.07 bits per heavy atom. The summed E-state index contributed by atoms with van der Waals surface area (Å²) < 4.78 is 80.9. The molecule has 4 aromatic rings. The number of ether oxygens (including phenoxy) is 1. The van der Waals surface area contributed by atoms with Crippen molar-refractivity contribution in [2.24, 2.45) is 5.73 Å². The first kappa shape index (κ1) is 30.6. The molecule has 0 unspecified atom stereocenters. The van der Waals surface area contributed by atoms with E-state index >= 15 is 8.78 Å². The third kappa shape index (κ3) is 6.00. The molecule has 0 radical (unpaired) electrons. The molecule has 0 spiro atoms. The summed E-state index contributed by atoms with van der Waals surface area (Å²) in [4.78, 5) is 3.62. The summed E-state index contributed by atoms with van der Waals surface area (Å²) in [7, 11) is -4.65. The van der Waals surface area contributed by atoms with E-state index in [4.69, 9.17) is 16.2 Å². The molecule has 1 saturated carbocycles. The van der Waals surface area contributed by atoms with Crippen molar-refractivity contribution in [1.82, 2.24) is 14.8 Å². The molecular weight excluding hydrogens is 581 g/mol. The second kappa shape index (κ2) is 12.0. The molecule has 230 valence electrons. The summed E-state index contributed by atoms with van der Waals surface area (Å²) in [5, 5.41) is 5.04. The van der Waals surface area contributed by atoms with E-state index in [0.717, 1.165) is 49.4 Å². The number of hydrogen-bond donors (Lipinski definition) is 3. The van der Waals surface area contributed by atoms with Gasteiger partial charge in [0, 0.05) is 36.0 Å². The van der Waals surface area contributed by atoms with Crippen LogP contribution in [0.3, 0.4) is 0 Å². The quantitative estimate of drug-likeness (QED) is 0.202. The number of nitrogens with zero attached hydrogens (tertiary/aromatic N) is 3. The van der Waals surface area contributed by atoms with Gasteiger partial charge in [-0.3, -0.25) is 9.40 Å². The van der Waals surface area contributed by atoms with Crippen LogP contribution in [0.25, 0.3) is 22.2 Å². The number of nitrogen functional groups attached to an aromatic ring is 1. The number of nitrogens with two attached hydrogens (primary N) is 2. The van der Waals surface area contributed by atoms with Gasteiger partial charge in [0.15, 0.2) is 0 Å². The highest BCUT2D eigenvalue weighted by atomic mass is 32.2. The minimum Gasteiger partial charge on any atom is -0.494 e. The summed E-state index contributed by atoms with van der Waals surface area (Å²) >= 11 is 0. The van der Waals surface area contributed by atoms with Gasteiger partial charge in [-0.25, -0.2) is 26.6 Å². The highest BCUT2D eigenvalue weighted by molar-refractivity contribution is 7.92. The first-order valence-corrected chi connectivity index (χ1v) is 15.8. The van der Waals surface area contributed by atoms with Crippen LogP contribution >= 0.6 is 0 Å². The summed E-state index contributed by atoms with van der Waals surface area (Å²) in [6.07, 6.45) is 5.79. The van der Waals surface area contributed by atoms with E-state index in [1.54, 1.807) is 10.9 Å². The summed E-state index contributed by atoms with van der Waals surface area (Å²) in [5.41, 5.74) is 13.2. The van der Waals surface area contributed by atoms with Crippen molar-refractivity contribution in [2.75, 3.05) is 17.1 Å². The van der Waals surface area contributed by atoms with Crippen molar-refractivity contribution in [3.63, 3.8) is 0 Å². The largest absolute Gasteiger partial charge is 0.494 e. The predicted octanol–water partition coefficient (Wildman–Crippen LogP) is 6.25. The smallest absolute Gasteiger partial charge is 0.265 e. The number of nitrogens with one attached hydrogen (secondary N) is 1. The zero-order chi connectivity index (χ0) is 31.1. The summed E-state index contributed by atoms with van der Waals surface area (Å²) in [6.45, 7) is 5.99. The monoisotopic (exact) mass is 616 g/mol. The van der Waals surface area contributed by atoms with Gasteiger partial charge in [0.25, 0.3) is 10.0 Å². The van der Waals surface area contributed by atoms with Crippen molar-refractivity contribution >= 4 is 32.4 Å². The molecule has 0 amide bonds. The SMILES string of the molecule is CCCOc1ccc(F)c(S(=O)(=O)Nc2cc(F)c(-c3nn(C(C)C)c4c3c(N)ncc4[C@H]3CC[C@H](N)CC3)cc2F)c1. The maximum absolute atomic E-state index is 15.7. The third-order valence-electron chi connectivity index (χ3n) is 7.70. The number of benzene rings is 2. The maximum Gasteiger partial charge on any atom is 0.265 e. The average molecular weight is 617 g/mol. The number of aromatic nitrogens is 3. The van der Waals surface area contributed by atoms with Crippen molar-refractivity contribution in [1.29, 1.82) is 0 Å². The lowest BCUT2D eigenvalue weighted by molar-refractivity contribution is 0.315. The normalized spacial score (nSPS) is 17.5. The summed E-state index contributed by atoms with van der Waals surface area (Å²) in [5.74, 6) is -2.73. The van der Waals surface area contributed by atoms with E-state index in [1.165, 1.54) is 6.07 Å². The van der Waals surface area contributed by atoms with E-state index in [2.05, 4.69) is 10.1 Å². The second-order valence-corrected chi connectivity index (χ2v) is 12.8. The van der Waals surface area contributed by atoms with Gasteiger partial charge in [0.05, 0.1) is 23.2 Å². The van der Waals surface area contributed by atoms with E-state index in [-0.39, 0.29) is 47.4 Å². The molecule has 0 saturated heterocycles. The first-order chi connectivity index (χ1) is 20.4. The molecule has 2 heterocycles. The molecular formula is C30H35F3N6O3S. The van der Waals surface area contributed by atoms with Gasteiger partial charge < -0.3 is 16.2 Å². The van der Waals surface area contributed by atoms with Gasteiger partial charge >= 0.3 is 0 Å². The van der Waals surface area contributed by atoms with Crippen molar-refractivity contribution < 1.29 is 26.3 Å². The van der Waals surface area contributed by atoms with Gasteiger partial charge in [-0.2, -0.15) is 5.10 Å². The molecule has 2 aromatic carbocycles. The number of pyridine rings is 1. The fourth-order valence-electron chi connectivity index (χ4n) is 5.52. The zero-order valence-corrected chi connectivity index (χ0v) is 25.0.